The first kappa shape index (κ1) is 12.9. The minimum Gasteiger partial charge on any atom is -0.340 e. The van der Waals surface area contributed by atoms with Crippen LogP contribution in [0.3, 0.4) is 0 Å². The molecule has 2 aromatic rings. The van der Waals surface area contributed by atoms with Gasteiger partial charge in [-0.25, -0.2) is 4.98 Å². The van der Waals surface area contributed by atoms with Gasteiger partial charge < -0.3 is 5.32 Å². The largest absolute Gasteiger partial charge is 0.433 e. The Morgan fingerprint density at radius 3 is 2.32 bits per heavy atom. The summed E-state index contributed by atoms with van der Waals surface area (Å²) in [5.41, 5.74) is 0.0829. The highest BCUT2D eigenvalue weighted by Crippen LogP contribution is 2.28. The number of pyridine rings is 1. The first-order chi connectivity index (χ1) is 8.99. The van der Waals surface area contributed by atoms with E-state index in [1.54, 1.807) is 24.3 Å². The van der Waals surface area contributed by atoms with E-state index < -0.39 is 11.9 Å². The zero-order chi connectivity index (χ0) is 13.9. The molecule has 0 saturated carbocycles. The Kier molecular flexibility index (Phi) is 3.38. The number of nitrogens with zero attached hydrogens (tertiary/aromatic N) is 2. The Morgan fingerprint density at radius 1 is 1.05 bits per heavy atom. The predicted octanol–water partition coefficient (Wildman–Crippen LogP) is 3.72. The van der Waals surface area contributed by atoms with Crippen molar-refractivity contribution in [1.29, 1.82) is 5.26 Å². The predicted molar refractivity (Wildman–Crippen MR) is 63.7 cm³/mol. The lowest BCUT2D eigenvalue weighted by Gasteiger charge is -2.09. The molecule has 6 heteroatoms. The number of alkyl halides is 3. The monoisotopic (exact) mass is 263 g/mol. The molecule has 0 unspecified atom stereocenters. The summed E-state index contributed by atoms with van der Waals surface area (Å²) in [7, 11) is 0. The topological polar surface area (TPSA) is 48.7 Å². The van der Waals surface area contributed by atoms with Crippen LogP contribution in [0, 0.1) is 11.3 Å². The van der Waals surface area contributed by atoms with Gasteiger partial charge in [0.15, 0.2) is 0 Å². The lowest BCUT2D eigenvalue weighted by Crippen LogP contribution is -2.08. The average Bonchev–Trinajstić information content (AvgIpc) is 2.39. The van der Waals surface area contributed by atoms with Gasteiger partial charge in [0.2, 0.25) is 0 Å². The van der Waals surface area contributed by atoms with Crippen LogP contribution >= 0.6 is 0 Å². The number of nitrogens with one attached hydrogen (secondary N) is 1. The van der Waals surface area contributed by atoms with Crippen LogP contribution in [0.2, 0.25) is 0 Å². The van der Waals surface area contributed by atoms with Gasteiger partial charge in [0, 0.05) is 5.69 Å². The minimum absolute atomic E-state index is 0.0968. The van der Waals surface area contributed by atoms with E-state index in [1.165, 1.54) is 12.1 Å². The first-order valence-electron chi connectivity index (χ1n) is 5.30. The van der Waals surface area contributed by atoms with Gasteiger partial charge in [0.1, 0.15) is 11.5 Å². The highest BCUT2D eigenvalue weighted by molar-refractivity contribution is 5.57. The van der Waals surface area contributed by atoms with E-state index in [4.69, 9.17) is 5.26 Å². The van der Waals surface area contributed by atoms with Crippen LogP contribution in [0.1, 0.15) is 11.3 Å². The summed E-state index contributed by atoms with van der Waals surface area (Å²) in [5.74, 6) is 0.0968. The fourth-order valence-corrected chi connectivity index (χ4v) is 1.44. The lowest BCUT2D eigenvalue weighted by molar-refractivity contribution is -0.141. The molecular weight excluding hydrogens is 255 g/mol. The Bertz CT molecular complexity index is 612. The molecule has 0 atom stereocenters. The van der Waals surface area contributed by atoms with E-state index in [2.05, 4.69) is 10.3 Å². The minimum atomic E-state index is -4.47. The van der Waals surface area contributed by atoms with Crippen LogP contribution in [0.4, 0.5) is 24.7 Å². The quantitative estimate of drug-likeness (QED) is 0.898. The zero-order valence-corrected chi connectivity index (χ0v) is 9.57. The molecule has 19 heavy (non-hydrogen) atoms. The van der Waals surface area contributed by atoms with Crippen molar-refractivity contribution >= 4 is 11.5 Å². The molecular formula is C13H8F3N3. The number of hydrogen-bond donors (Lipinski definition) is 1. The van der Waals surface area contributed by atoms with E-state index in [1.807, 2.05) is 6.07 Å². The standard InChI is InChI=1S/C13H8F3N3/c14-13(15,16)11-2-1-3-12(19-11)18-10-6-4-9(8-17)5-7-10/h1-7H,(H,18,19). The summed E-state index contributed by atoms with van der Waals surface area (Å²) in [6.45, 7) is 0. The summed E-state index contributed by atoms with van der Waals surface area (Å²) >= 11 is 0. The van der Waals surface area contributed by atoms with Crippen molar-refractivity contribution in [2.24, 2.45) is 0 Å². The van der Waals surface area contributed by atoms with Crippen molar-refractivity contribution < 1.29 is 13.2 Å². The SMILES string of the molecule is N#Cc1ccc(Nc2cccc(C(F)(F)F)n2)cc1. The van der Waals surface area contributed by atoms with Crippen LogP contribution in [0.5, 0.6) is 0 Å². The van der Waals surface area contributed by atoms with E-state index in [0.717, 1.165) is 6.07 Å². The van der Waals surface area contributed by atoms with Gasteiger partial charge in [-0.05, 0) is 36.4 Å². The zero-order valence-electron chi connectivity index (χ0n) is 9.57. The molecule has 96 valence electrons. The van der Waals surface area contributed by atoms with Crippen LogP contribution in [-0.4, -0.2) is 4.98 Å². The fraction of sp³-hybridized carbons (Fsp3) is 0.0769. The van der Waals surface area contributed by atoms with Gasteiger partial charge in [-0.3, -0.25) is 0 Å². The van der Waals surface area contributed by atoms with Crippen molar-refractivity contribution in [3.8, 4) is 6.07 Å². The molecule has 1 heterocycles. The van der Waals surface area contributed by atoms with Crippen molar-refractivity contribution in [3.05, 3.63) is 53.7 Å². The number of aromatic nitrogens is 1. The number of benzene rings is 1. The summed E-state index contributed by atoms with van der Waals surface area (Å²) in [4.78, 5) is 3.48. The molecule has 3 nitrogen and oxygen atoms in total. The average molecular weight is 263 g/mol. The fourth-order valence-electron chi connectivity index (χ4n) is 1.44. The normalized spacial score (nSPS) is 10.8. The van der Waals surface area contributed by atoms with Crippen molar-refractivity contribution in [2.45, 2.75) is 6.18 Å². The van der Waals surface area contributed by atoms with Crippen molar-refractivity contribution in [1.82, 2.24) is 4.98 Å². The number of anilines is 2. The molecule has 1 aromatic heterocycles. The highest BCUT2D eigenvalue weighted by Gasteiger charge is 2.32. The molecule has 1 N–H and O–H groups in total. The Morgan fingerprint density at radius 2 is 1.74 bits per heavy atom. The molecule has 1 aromatic carbocycles. The number of halogens is 3. The van der Waals surface area contributed by atoms with Gasteiger partial charge in [0.25, 0.3) is 0 Å². The number of nitriles is 1. The summed E-state index contributed by atoms with van der Waals surface area (Å²) in [6.07, 6.45) is -4.47. The van der Waals surface area contributed by atoms with E-state index in [0.29, 0.717) is 11.3 Å². The Balaban J connectivity index is 2.21. The van der Waals surface area contributed by atoms with Crippen molar-refractivity contribution in [2.75, 3.05) is 5.32 Å². The molecule has 0 radical (unpaired) electrons. The first-order valence-corrected chi connectivity index (χ1v) is 5.30. The third kappa shape index (κ3) is 3.22. The molecule has 0 fully saturated rings. The number of rotatable bonds is 2. The summed E-state index contributed by atoms with van der Waals surface area (Å²) < 4.78 is 37.4. The van der Waals surface area contributed by atoms with Gasteiger partial charge in [-0.15, -0.1) is 0 Å². The van der Waals surface area contributed by atoms with Crippen LogP contribution in [-0.2, 0) is 6.18 Å². The second-order valence-corrected chi connectivity index (χ2v) is 3.72. The second kappa shape index (κ2) is 4.98. The molecule has 0 aliphatic rings. The smallest absolute Gasteiger partial charge is 0.340 e. The molecule has 0 aliphatic heterocycles. The maximum absolute atomic E-state index is 12.5. The third-order valence-corrected chi connectivity index (χ3v) is 2.33. The van der Waals surface area contributed by atoms with Crippen LogP contribution in [0.25, 0.3) is 0 Å². The summed E-state index contributed by atoms with van der Waals surface area (Å²) in [5, 5.41) is 11.4. The van der Waals surface area contributed by atoms with E-state index >= 15 is 0 Å². The maximum Gasteiger partial charge on any atom is 0.433 e. The maximum atomic E-state index is 12.5. The van der Waals surface area contributed by atoms with Crippen LogP contribution < -0.4 is 5.32 Å². The van der Waals surface area contributed by atoms with Gasteiger partial charge in [-0.2, -0.15) is 18.4 Å². The Labute approximate surface area is 107 Å². The van der Waals surface area contributed by atoms with Crippen LogP contribution in [0.15, 0.2) is 42.5 Å². The lowest BCUT2D eigenvalue weighted by atomic mass is 10.2. The second-order valence-electron chi connectivity index (χ2n) is 3.72. The third-order valence-electron chi connectivity index (χ3n) is 2.33. The molecule has 2 rings (SSSR count). The molecule has 0 bridgehead atoms. The van der Waals surface area contributed by atoms with Gasteiger partial charge in [0.05, 0.1) is 11.6 Å². The van der Waals surface area contributed by atoms with E-state index in [9.17, 15) is 13.2 Å². The van der Waals surface area contributed by atoms with E-state index in [-0.39, 0.29) is 5.82 Å². The summed E-state index contributed by atoms with van der Waals surface area (Å²) in [6, 6.07) is 11.9. The number of hydrogen-bond acceptors (Lipinski definition) is 3. The van der Waals surface area contributed by atoms with Gasteiger partial charge >= 0.3 is 6.18 Å². The molecule has 0 aliphatic carbocycles. The molecule has 0 saturated heterocycles. The van der Waals surface area contributed by atoms with Crippen molar-refractivity contribution in [3.63, 3.8) is 0 Å². The Hall–Kier alpha value is -2.55. The molecule has 0 amide bonds. The molecule has 0 spiro atoms. The highest BCUT2D eigenvalue weighted by atomic mass is 19.4. The van der Waals surface area contributed by atoms with Gasteiger partial charge in [-0.1, -0.05) is 6.07 Å².